The van der Waals surface area contributed by atoms with Crippen LogP contribution in [0.15, 0.2) is 24.3 Å². The van der Waals surface area contributed by atoms with E-state index in [9.17, 15) is 13.2 Å². The van der Waals surface area contributed by atoms with Gasteiger partial charge in [0, 0.05) is 19.0 Å². The summed E-state index contributed by atoms with van der Waals surface area (Å²) in [6.45, 7) is 2.57. The molecule has 1 amide bonds. The molecule has 0 aromatic heterocycles. The maximum atomic E-state index is 12.3. The van der Waals surface area contributed by atoms with Crippen molar-refractivity contribution in [2.24, 2.45) is 0 Å². The van der Waals surface area contributed by atoms with Gasteiger partial charge in [-0.2, -0.15) is 0 Å². The molecule has 1 aromatic carbocycles. The topological polar surface area (TPSA) is 75.7 Å². The molecule has 1 saturated carbocycles. The summed E-state index contributed by atoms with van der Waals surface area (Å²) in [6, 6.07) is 7.36. The van der Waals surface area contributed by atoms with Gasteiger partial charge in [-0.3, -0.25) is 9.10 Å². The van der Waals surface area contributed by atoms with E-state index in [1.165, 1.54) is 29.8 Å². The van der Waals surface area contributed by atoms with Crippen molar-refractivity contribution in [1.82, 2.24) is 5.32 Å². The van der Waals surface area contributed by atoms with Crippen LogP contribution in [0.25, 0.3) is 0 Å². The molecule has 0 radical (unpaired) electrons. The SMILES string of the molecule is CCOc1ccccc1N(CCCC(=O)NC1CCCCC1)S(C)(=O)=O. The highest BCUT2D eigenvalue weighted by Crippen LogP contribution is 2.30. The van der Waals surface area contributed by atoms with Crippen molar-refractivity contribution in [3.05, 3.63) is 24.3 Å². The fourth-order valence-electron chi connectivity index (χ4n) is 3.34. The normalized spacial score (nSPS) is 15.5. The monoisotopic (exact) mass is 382 g/mol. The fraction of sp³-hybridized carbons (Fsp3) is 0.632. The van der Waals surface area contributed by atoms with E-state index in [1.807, 2.05) is 13.0 Å². The first kappa shape index (κ1) is 20.6. The Balaban J connectivity index is 1.95. The third kappa shape index (κ3) is 6.20. The van der Waals surface area contributed by atoms with Crippen LogP contribution in [0.3, 0.4) is 0 Å². The van der Waals surface area contributed by atoms with Crippen molar-refractivity contribution >= 4 is 21.6 Å². The van der Waals surface area contributed by atoms with Crippen LogP contribution in [0.1, 0.15) is 51.9 Å². The number of carbonyl (C=O) groups is 1. The molecule has 2 rings (SSSR count). The predicted octanol–water partition coefficient (Wildman–Crippen LogP) is 3.08. The number of hydrogen-bond donors (Lipinski definition) is 1. The molecule has 146 valence electrons. The van der Waals surface area contributed by atoms with Gasteiger partial charge in [-0.15, -0.1) is 0 Å². The minimum Gasteiger partial charge on any atom is -0.492 e. The fourth-order valence-corrected chi connectivity index (χ4v) is 4.30. The molecular weight excluding hydrogens is 352 g/mol. The summed E-state index contributed by atoms with van der Waals surface area (Å²) >= 11 is 0. The molecule has 1 N–H and O–H groups in total. The van der Waals surface area contributed by atoms with Crippen LogP contribution in [-0.4, -0.2) is 39.8 Å². The highest BCUT2D eigenvalue weighted by molar-refractivity contribution is 7.92. The first-order chi connectivity index (χ1) is 12.4. The van der Waals surface area contributed by atoms with E-state index in [-0.39, 0.29) is 18.5 Å². The molecule has 0 bridgehead atoms. The number of anilines is 1. The second kappa shape index (κ2) is 9.80. The predicted molar refractivity (Wildman–Crippen MR) is 104 cm³/mol. The van der Waals surface area contributed by atoms with Crippen LogP contribution in [0.2, 0.25) is 0 Å². The third-order valence-corrected chi connectivity index (χ3v) is 5.75. The largest absolute Gasteiger partial charge is 0.492 e. The van der Waals surface area contributed by atoms with Crippen molar-refractivity contribution in [1.29, 1.82) is 0 Å². The van der Waals surface area contributed by atoms with Crippen LogP contribution in [-0.2, 0) is 14.8 Å². The third-order valence-electron chi connectivity index (χ3n) is 4.57. The van der Waals surface area contributed by atoms with Gasteiger partial charge in [0.2, 0.25) is 15.9 Å². The molecular formula is C19H30N2O4S. The number of hydrogen-bond acceptors (Lipinski definition) is 4. The molecule has 0 unspecified atom stereocenters. The van der Waals surface area contributed by atoms with Crippen LogP contribution in [0, 0.1) is 0 Å². The Morgan fingerprint density at radius 2 is 1.92 bits per heavy atom. The number of sulfonamides is 1. The van der Waals surface area contributed by atoms with Crippen molar-refractivity contribution in [3.63, 3.8) is 0 Å². The molecule has 1 aliphatic rings. The van der Waals surface area contributed by atoms with Crippen LogP contribution in [0.4, 0.5) is 5.69 Å². The summed E-state index contributed by atoms with van der Waals surface area (Å²) in [4.78, 5) is 12.1. The first-order valence-corrected chi connectivity index (χ1v) is 11.3. The number of carbonyl (C=O) groups excluding carboxylic acids is 1. The number of rotatable bonds is 9. The van der Waals surface area contributed by atoms with E-state index in [1.54, 1.807) is 18.2 Å². The summed E-state index contributed by atoms with van der Waals surface area (Å²) in [5.41, 5.74) is 0.518. The van der Waals surface area contributed by atoms with Gasteiger partial charge in [0.15, 0.2) is 0 Å². The van der Waals surface area contributed by atoms with Crippen LogP contribution in [0.5, 0.6) is 5.75 Å². The second-order valence-electron chi connectivity index (χ2n) is 6.74. The number of amides is 1. The smallest absolute Gasteiger partial charge is 0.232 e. The average molecular weight is 383 g/mol. The van der Waals surface area contributed by atoms with Gasteiger partial charge in [-0.05, 0) is 38.3 Å². The Morgan fingerprint density at radius 1 is 1.23 bits per heavy atom. The van der Waals surface area contributed by atoms with Crippen molar-refractivity contribution < 1.29 is 17.9 Å². The summed E-state index contributed by atoms with van der Waals surface area (Å²) in [5.74, 6) is 0.538. The molecule has 0 atom stereocenters. The first-order valence-electron chi connectivity index (χ1n) is 9.40. The lowest BCUT2D eigenvalue weighted by molar-refractivity contribution is -0.122. The highest BCUT2D eigenvalue weighted by Gasteiger charge is 2.21. The molecule has 1 fully saturated rings. The summed E-state index contributed by atoms with van der Waals surface area (Å²) in [5, 5.41) is 3.07. The maximum absolute atomic E-state index is 12.3. The molecule has 0 heterocycles. The average Bonchev–Trinajstić information content (AvgIpc) is 2.60. The number of nitrogens with zero attached hydrogens (tertiary/aromatic N) is 1. The van der Waals surface area contributed by atoms with E-state index < -0.39 is 10.0 Å². The van der Waals surface area contributed by atoms with Gasteiger partial charge >= 0.3 is 0 Å². The summed E-state index contributed by atoms with van der Waals surface area (Å²) < 4.78 is 31.4. The molecule has 7 heteroatoms. The zero-order valence-electron chi connectivity index (χ0n) is 15.7. The minimum absolute atomic E-state index is 0.00319. The number of nitrogens with one attached hydrogen (secondary N) is 1. The van der Waals surface area contributed by atoms with Gasteiger partial charge in [0.05, 0.1) is 18.6 Å². The van der Waals surface area contributed by atoms with E-state index in [2.05, 4.69) is 5.32 Å². The summed E-state index contributed by atoms with van der Waals surface area (Å²) in [6.07, 6.45) is 7.63. The van der Waals surface area contributed by atoms with Gasteiger partial charge in [-0.1, -0.05) is 31.4 Å². The lowest BCUT2D eigenvalue weighted by atomic mass is 9.95. The Bertz CT molecular complexity index is 685. The highest BCUT2D eigenvalue weighted by atomic mass is 32.2. The van der Waals surface area contributed by atoms with E-state index >= 15 is 0 Å². The maximum Gasteiger partial charge on any atom is 0.232 e. The zero-order valence-corrected chi connectivity index (χ0v) is 16.6. The Kier molecular flexibility index (Phi) is 7.75. The lowest BCUT2D eigenvalue weighted by Crippen LogP contribution is -2.37. The van der Waals surface area contributed by atoms with Gasteiger partial charge in [0.1, 0.15) is 5.75 Å². The Hall–Kier alpha value is -1.76. The van der Waals surface area contributed by atoms with Crippen molar-refractivity contribution in [3.8, 4) is 5.75 Å². The lowest BCUT2D eigenvalue weighted by Gasteiger charge is -2.25. The number of benzene rings is 1. The molecule has 6 nitrogen and oxygen atoms in total. The zero-order chi connectivity index (χ0) is 19.0. The summed E-state index contributed by atoms with van der Waals surface area (Å²) in [7, 11) is -3.46. The van der Waals surface area contributed by atoms with E-state index in [0.29, 0.717) is 30.9 Å². The van der Waals surface area contributed by atoms with Gasteiger partial charge in [0.25, 0.3) is 0 Å². The number of ether oxygens (including phenoxy) is 1. The van der Waals surface area contributed by atoms with Crippen LogP contribution < -0.4 is 14.4 Å². The molecule has 1 aliphatic carbocycles. The van der Waals surface area contributed by atoms with Gasteiger partial charge < -0.3 is 10.1 Å². The molecule has 26 heavy (non-hydrogen) atoms. The molecule has 0 aliphatic heterocycles. The van der Waals surface area contributed by atoms with Crippen molar-refractivity contribution in [2.45, 2.75) is 57.9 Å². The molecule has 1 aromatic rings. The molecule has 0 spiro atoms. The van der Waals surface area contributed by atoms with E-state index in [4.69, 9.17) is 4.74 Å². The van der Waals surface area contributed by atoms with Gasteiger partial charge in [-0.25, -0.2) is 8.42 Å². The van der Waals surface area contributed by atoms with Crippen molar-refractivity contribution in [2.75, 3.05) is 23.7 Å². The second-order valence-corrected chi connectivity index (χ2v) is 8.65. The quantitative estimate of drug-likeness (QED) is 0.712. The number of para-hydroxylation sites is 2. The minimum atomic E-state index is -3.46. The Labute approximate surface area is 157 Å². The molecule has 0 saturated heterocycles. The van der Waals surface area contributed by atoms with Crippen LogP contribution >= 0.6 is 0 Å². The van der Waals surface area contributed by atoms with E-state index in [0.717, 1.165) is 12.8 Å². The standard InChI is InChI=1S/C19H30N2O4S/c1-3-25-18-13-8-7-12-17(18)21(26(2,23)24)15-9-14-19(22)20-16-10-5-4-6-11-16/h7-8,12-13,16H,3-6,9-11,14-15H2,1-2H3,(H,20,22). The Morgan fingerprint density at radius 3 is 2.58 bits per heavy atom.